The lowest BCUT2D eigenvalue weighted by atomic mass is 9.93. The maximum absolute atomic E-state index is 8.70. The van der Waals surface area contributed by atoms with Gasteiger partial charge in [-0.3, -0.25) is 0 Å². The monoisotopic (exact) mass is 219 g/mol. The fraction of sp³-hybridized carbons (Fsp3) is 1.00. The van der Waals surface area contributed by atoms with Gasteiger partial charge >= 0.3 is 0 Å². The summed E-state index contributed by atoms with van der Waals surface area (Å²) < 4.78 is 5.87. The lowest BCUT2D eigenvalue weighted by Crippen LogP contribution is -2.50. The lowest BCUT2D eigenvalue weighted by Gasteiger charge is -2.41. The molecule has 1 saturated heterocycles. The average molecular weight is 219 g/mol. The Bertz CT molecular complexity index is 168. The van der Waals surface area contributed by atoms with Crippen LogP contribution in [-0.2, 0) is 4.74 Å². The molecule has 0 amide bonds. The van der Waals surface area contributed by atoms with Crippen LogP contribution in [0.3, 0.4) is 0 Å². The van der Waals surface area contributed by atoms with Crippen LogP contribution >= 0.6 is 11.8 Å². The van der Waals surface area contributed by atoms with E-state index in [1.54, 1.807) is 0 Å². The molecule has 2 unspecified atom stereocenters. The molecule has 0 aromatic carbocycles. The molecule has 1 rings (SSSR count). The molecule has 0 saturated carbocycles. The van der Waals surface area contributed by atoms with Gasteiger partial charge < -0.3 is 15.6 Å². The minimum atomic E-state index is -0.141. The van der Waals surface area contributed by atoms with Crippen molar-refractivity contribution in [1.82, 2.24) is 0 Å². The van der Waals surface area contributed by atoms with Gasteiger partial charge in [0.15, 0.2) is 0 Å². The maximum Gasteiger partial charge on any atom is 0.0919 e. The molecule has 3 N–H and O–H groups in total. The third-order valence-electron chi connectivity index (χ3n) is 2.89. The van der Waals surface area contributed by atoms with Crippen LogP contribution in [0.15, 0.2) is 0 Å². The summed E-state index contributed by atoms with van der Waals surface area (Å²) in [6.07, 6.45) is 2.95. The molecule has 0 aliphatic carbocycles. The van der Waals surface area contributed by atoms with E-state index in [-0.39, 0.29) is 12.2 Å². The molecule has 3 nitrogen and oxygen atoms in total. The first-order chi connectivity index (χ1) is 6.75. The van der Waals surface area contributed by atoms with Crippen LogP contribution < -0.4 is 5.73 Å². The van der Waals surface area contributed by atoms with E-state index in [2.05, 4.69) is 6.92 Å². The third-order valence-corrected chi connectivity index (χ3v) is 4.34. The smallest absolute Gasteiger partial charge is 0.0919 e. The summed E-state index contributed by atoms with van der Waals surface area (Å²) in [5.74, 6) is 1.21. The summed E-state index contributed by atoms with van der Waals surface area (Å²) in [6.45, 7) is 3.60. The number of aliphatic hydroxyl groups excluding tert-OH is 1. The highest BCUT2D eigenvalue weighted by Crippen LogP contribution is 2.36. The van der Waals surface area contributed by atoms with Crippen LogP contribution in [-0.4, -0.2) is 41.5 Å². The Labute approximate surface area is 90.4 Å². The van der Waals surface area contributed by atoms with Crippen molar-refractivity contribution in [2.24, 2.45) is 5.73 Å². The number of ether oxygens (including phenoxy) is 1. The van der Waals surface area contributed by atoms with Crippen molar-refractivity contribution >= 4 is 11.8 Å². The van der Waals surface area contributed by atoms with Gasteiger partial charge in [-0.25, -0.2) is 0 Å². The molecule has 0 aromatic rings. The van der Waals surface area contributed by atoms with Gasteiger partial charge in [0.1, 0.15) is 0 Å². The van der Waals surface area contributed by atoms with E-state index >= 15 is 0 Å². The van der Waals surface area contributed by atoms with E-state index in [1.165, 1.54) is 12.2 Å². The average Bonchev–Trinajstić information content (AvgIpc) is 2.21. The zero-order valence-electron chi connectivity index (χ0n) is 8.87. The molecule has 1 aliphatic heterocycles. The number of aliphatic hydroxyl groups is 1. The molecule has 2 atom stereocenters. The Balaban J connectivity index is 2.45. The Morgan fingerprint density at radius 3 is 3.00 bits per heavy atom. The van der Waals surface area contributed by atoms with Gasteiger partial charge in [-0.1, -0.05) is 6.92 Å². The Morgan fingerprint density at radius 2 is 2.43 bits per heavy atom. The zero-order valence-corrected chi connectivity index (χ0v) is 9.68. The van der Waals surface area contributed by atoms with E-state index in [0.29, 0.717) is 24.8 Å². The van der Waals surface area contributed by atoms with Gasteiger partial charge in [-0.15, -0.1) is 0 Å². The van der Waals surface area contributed by atoms with E-state index in [9.17, 15) is 0 Å². The van der Waals surface area contributed by atoms with Crippen LogP contribution in [0.5, 0.6) is 0 Å². The summed E-state index contributed by atoms with van der Waals surface area (Å²) in [5.41, 5.74) is 5.67. The highest BCUT2D eigenvalue weighted by molar-refractivity contribution is 8.00. The van der Waals surface area contributed by atoms with Gasteiger partial charge in [0.2, 0.25) is 0 Å². The summed E-state index contributed by atoms with van der Waals surface area (Å²) in [4.78, 5) is 0. The van der Waals surface area contributed by atoms with Crippen molar-refractivity contribution in [1.29, 1.82) is 0 Å². The standard InChI is InChI=1S/C10H21NO2S/c1-9-10(8-11,4-2-7-14-9)13-6-3-5-12/h9,12H,2-8,11H2,1H3. The van der Waals surface area contributed by atoms with Crippen LogP contribution in [0.25, 0.3) is 0 Å². The van der Waals surface area contributed by atoms with Crippen molar-refractivity contribution in [2.75, 3.05) is 25.5 Å². The zero-order chi connectivity index (χ0) is 10.4. The van der Waals surface area contributed by atoms with Crippen molar-refractivity contribution in [3.05, 3.63) is 0 Å². The van der Waals surface area contributed by atoms with Crippen LogP contribution in [0.4, 0.5) is 0 Å². The molecule has 1 aliphatic rings. The van der Waals surface area contributed by atoms with Crippen molar-refractivity contribution in [3.63, 3.8) is 0 Å². The SMILES string of the molecule is CC1SCCCC1(CN)OCCCO. The molecule has 4 heteroatoms. The molecule has 0 radical (unpaired) electrons. The van der Waals surface area contributed by atoms with Gasteiger partial charge in [0, 0.05) is 25.0 Å². The minimum absolute atomic E-state index is 0.141. The van der Waals surface area contributed by atoms with Crippen LogP contribution in [0.2, 0.25) is 0 Å². The van der Waals surface area contributed by atoms with Gasteiger partial charge in [-0.05, 0) is 25.0 Å². The molecule has 14 heavy (non-hydrogen) atoms. The van der Waals surface area contributed by atoms with Crippen LogP contribution in [0, 0.1) is 0 Å². The molecule has 0 spiro atoms. The number of thioether (sulfide) groups is 1. The second kappa shape index (κ2) is 5.95. The molecular weight excluding hydrogens is 198 g/mol. The van der Waals surface area contributed by atoms with Crippen molar-refractivity contribution in [2.45, 2.75) is 37.0 Å². The first-order valence-corrected chi connectivity index (χ1v) is 6.36. The van der Waals surface area contributed by atoms with E-state index in [0.717, 1.165) is 6.42 Å². The molecule has 0 bridgehead atoms. The fourth-order valence-electron chi connectivity index (χ4n) is 1.84. The maximum atomic E-state index is 8.70. The highest BCUT2D eigenvalue weighted by Gasteiger charge is 2.38. The molecule has 84 valence electrons. The van der Waals surface area contributed by atoms with Crippen LogP contribution in [0.1, 0.15) is 26.2 Å². The minimum Gasteiger partial charge on any atom is -0.396 e. The fourth-order valence-corrected chi connectivity index (χ4v) is 3.09. The molecular formula is C10H21NO2S. The second-order valence-corrected chi connectivity index (χ2v) is 5.26. The normalized spacial score (nSPS) is 33.2. The summed E-state index contributed by atoms with van der Waals surface area (Å²) in [5, 5.41) is 9.17. The Kier molecular flexibility index (Phi) is 5.23. The molecule has 1 fully saturated rings. The predicted molar refractivity (Wildman–Crippen MR) is 60.6 cm³/mol. The summed E-state index contributed by atoms with van der Waals surface area (Å²) >= 11 is 1.94. The topological polar surface area (TPSA) is 55.5 Å². The van der Waals surface area contributed by atoms with Gasteiger partial charge in [0.25, 0.3) is 0 Å². The lowest BCUT2D eigenvalue weighted by molar-refractivity contribution is -0.0498. The molecule has 1 heterocycles. The Hall–Kier alpha value is 0.230. The molecule has 0 aromatic heterocycles. The summed E-state index contributed by atoms with van der Waals surface area (Å²) in [6, 6.07) is 0. The predicted octanol–water partition coefficient (Wildman–Crippen LogP) is 0.998. The number of hydrogen-bond donors (Lipinski definition) is 2. The van der Waals surface area contributed by atoms with Gasteiger partial charge in [0.05, 0.1) is 5.60 Å². The largest absolute Gasteiger partial charge is 0.396 e. The van der Waals surface area contributed by atoms with Crippen molar-refractivity contribution < 1.29 is 9.84 Å². The third kappa shape index (κ3) is 2.86. The van der Waals surface area contributed by atoms with E-state index in [1.807, 2.05) is 11.8 Å². The number of rotatable bonds is 5. The quantitative estimate of drug-likeness (QED) is 0.677. The summed E-state index contributed by atoms with van der Waals surface area (Å²) in [7, 11) is 0. The first-order valence-electron chi connectivity index (χ1n) is 5.31. The highest BCUT2D eigenvalue weighted by atomic mass is 32.2. The number of nitrogens with two attached hydrogens (primary N) is 1. The van der Waals surface area contributed by atoms with Crippen molar-refractivity contribution in [3.8, 4) is 0 Å². The first kappa shape index (κ1) is 12.3. The van der Waals surface area contributed by atoms with Gasteiger partial charge in [-0.2, -0.15) is 11.8 Å². The Morgan fingerprint density at radius 1 is 1.64 bits per heavy atom. The van der Waals surface area contributed by atoms with E-state index < -0.39 is 0 Å². The van der Waals surface area contributed by atoms with E-state index in [4.69, 9.17) is 15.6 Å². The second-order valence-electron chi connectivity index (χ2n) is 3.81. The number of hydrogen-bond acceptors (Lipinski definition) is 4.